The largest absolute Gasteiger partial charge is 0.394 e. The first-order chi connectivity index (χ1) is 4.22. The highest BCUT2D eigenvalue weighted by Gasteiger charge is 2.09. The molecule has 3 N–H and O–H groups in total. The molecule has 54 valence electrons. The van der Waals surface area contributed by atoms with Crippen LogP contribution in [-0.2, 0) is 0 Å². The van der Waals surface area contributed by atoms with Gasteiger partial charge >= 0.3 is 0 Å². The Bertz CT molecular complexity index is 90.3. The van der Waals surface area contributed by atoms with E-state index in [2.05, 4.69) is 0 Å². The lowest BCUT2D eigenvalue weighted by atomic mass is 10.2. The van der Waals surface area contributed by atoms with Gasteiger partial charge in [0.2, 0.25) is 0 Å². The molecule has 0 saturated heterocycles. The summed E-state index contributed by atoms with van der Waals surface area (Å²) in [4.78, 5) is 0. The molecule has 0 radical (unpaired) electrons. The van der Waals surface area contributed by atoms with E-state index >= 15 is 0 Å². The molecule has 0 aliphatic carbocycles. The predicted octanol–water partition coefficient (Wildman–Crippen LogP) is -0.723. The van der Waals surface area contributed by atoms with E-state index in [1.165, 1.54) is 6.08 Å². The Morgan fingerprint density at radius 2 is 2.00 bits per heavy atom. The van der Waals surface area contributed by atoms with E-state index in [1.54, 1.807) is 13.0 Å². The van der Waals surface area contributed by atoms with Crippen molar-refractivity contribution in [2.24, 2.45) is 0 Å². The summed E-state index contributed by atoms with van der Waals surface area (Å²) in [6.07, 6.45) is 1.03. The molecule has 0 fully saturated rings. The molecule has 0 aromatic rings. The lowest BCUT2D eigenvalue weighted by Crippen LogP contribution is -2.27. The Balaban J connectivity index is 3.58. The van der Waals surface area contributed by atoms with Crippen molar-refractivity contribution in [1.82, 2.24) is 0 Å². The maximum absolute atomic E-state index is 8.82. The minimum atomic E-state index is -1.05. The zero-order valence-corrected chi connectivity index (χ0v) is 5.36. The van der Waals surface area contributed by atoms with Gasteiger partial charge in [-0.2, -0.15) is 0 Å². The fourth-order valence-electron chi connectivity index (χ4n) is 0.433. The fourth-order valence-corrected chi connectivity index (χ4v) is 0.433. The molecule has 0 aromatic carbocycles. The molecule has 0 rings (SSSR count). The summed E-state index contributed by atoms with van der Waals surface area (Å²) >= 11 is 0. The van der Waals surface area contributed by atoms with Crippen LogP contribution in [0.3, 0.4) is 0 Å². The summed E-state index contributed by atoms with van der Waals surface area (Å²) < 4.78 is 0. The molecule has 3 nitrogen and oxygen atoms in total. The maximum atomic E-state index is 8.82. The van der Waals surface area contributed by atoms with Crippen LogP contribution in [-0.4, -0.2) is 34.1 Å². The predicted molar refractivity (Wildman–Crippen MR) is 33.9 cm³/mol. The van der Waals surface area contributed by atoms with Crippen molar-refractivity contribution < 1.29 is 15.3 Å². The minimum Gasteiger partial charge on any atom is -0.394 e. The maximum Gasteiger partial charge on any atom is 0.106 e. The number of aliphatic hydroxyl groups excluding tert-OH is 3. The lowest BCUT2D eigenvalue weighted by molar-refractivity contribution is 0.00943. The van der Waals surface area contributed by atoms with Gasteiger partial charge in [-0.15, -0.1) is 0 Å². The zero-order chi connectivity index (χ0) is 7.28. The summed E-state index contributed by atoms with van der Waals surface area (Å²) in [6, 6.07) is 0. The van der Waals surface area contributed by atoms with Crippen LogP contribution in [0.5, 0.6) is 0 Å². The second kappa shape index (κ2) is 4.49. The zero-order valence-electron chi connectivity index (χ0n) is 5.36. The van der Waals surface area contributed by atoms with Gasteiger partial charge in [-0.3, -0.25) is 0 Å². The summed E-state index contributed by atoms with van der Waals surface area (Å²) in [6.45, 7) is 1.32. The molecule has 2 atom stereocenters. The van der Waals surface area contributed by atoms with Gasteiger partial charge in [-0.25, -0.2) is 0 Å². The Morgan fingerprint density at radius 1 is 1.44 bits per heavy atom. The molecule has 0 bridgehead atoms. The summed E-state index contributed by atoms with van der Waals surface area (Å²) in [7, 11) is 0. The van der Waals surface area contributed by atoms with Gasteiger partial charge in [0.05, 0.1) is 6.61 Å². The van der Waals surface area contributed by atoms with Gasteiger partial charge in [0.25, 0.3) is 0 Å². The SMILES string of the molecule is CC=CC(O)C(O)CO. The molecule has 0 heterocycles. The molecular formula is C6H12O3. The van der Waals surface area contributed by atoms with Gasteiger partial charge in [-0.05, 0) is 6.92 Å². The number of rotatable bonds is 3. The molecule has 0 spiro atoms. The van der Waals surface area contributed by atoms with Crippen LogP contribution >= 0.6 is 0 Å². The first kappa shape index (κ1) is 8.62. The van der Waals surface area contributed by atoms with Gasteiger partial charge in [0.15, 0.2) is 0 Å². The molecule has 2 unspecified atom stereocenters. The first-order valence-corrected chi connectivity index (χ1v) is 2.82. The highest BCUT2D eigenvalue weighted by Crippen LogP contribution is 1.92. The minimum absolute atomic E-state index is 0.411. The van der Waals surface area contributed by atoms with Crippen LogP contribution in [0.2, 0.25) is 0 Å². The smallest absolute Gasteiger partial charge is 0.106 e. The standard InChI is InChI=1S/C6H12O3/c1-2-3-5(8)6(9)4-7/h2-3,5-9H,4H2,1H3. The Hall–Kier alpha value is -0.380. The van der Waals surface area contributed by atoms with Crippen LogP contribution in [0, 0.1) is 0 Å². The second-order valence-corrected chi connectivity index (χ2v) is 1.77. The number of aliphatic hydroxyl groups is 3. The molecule has 0 saturated carbocycles. The van der Waals surface area contributed by atoms with E-state index in [0.717, 1.165) is 0 Å². The van der Waals surface area contributed by atoms with Gasteiger partial charge < -0.3 is 15.3 Å². The van der Waals surface area contributed by atoms with Crippen molar-refractivity contribution in [3.8, 4) is 0 Å². The van der Waals surface area contributed by atoms with Crippen molar-refractivity contribution >= 4 is 0 Å². The third-order valence-electron chi connectivity index (χ3n) is 0.971. The van der Waals surface area contributed by atoms with Gasteiger partial charge in [0.1, 0.15) is 12.2 Å². The molecular weight excluding hydrogens is 120 g/mol. The van der Waals surface area contributed by atoms with E-state index in [0.29, 0.717) is 0 Å². The molecule has 0 aliphatic rings. The number of allylic oxidation sites excluding steroid dienone is 1. The van der Waals surface area contributed by atoms with Gasteiger partial charge in [0, 0.05) is 0 Å². The lowest BCUT2D eigenvalue weighted by Gasteiger charge is -2.09. The average Bonchev–Trinajstić information content (AvgIpc) is 1.87. The van der Waals surface area contributed by atoms with Crippen LogP contribution < -0.4 is 0 Å². The molecule has 9 heavy (non-hydrogen) atoms. The third kappa shape index (κ3) is 3.24. The van der Waals surface area contributed by atoms with Crippen molar-refractivity contribution in [2.75, 3.05) is 6.61 Å². The first-order valence-electron chi connectivity index (χ1n) is 2.82. The Labute approximate surface area is 54.3 Å². The van der Waals surface area contributed by atoms with Crippen molar-refractivity contribution in [2.45, 2.75) is 19.1 Å². The van der Waals surface area contributed by atoms with E-state index in [1.807, 2.05) is 0 Å². The monoisotopic (exact) mass is 132 g/mol. The molecule has 0 aliphatic heterocycles. The van der Waals surface area contributed by atoms with Crippen LogP contribution in [0.15, 0.2) is 12.2 Å². The van der Waals surface area contributed by atoms with E-state index in [9.17, 15) is 0 Å². The molecule has 3 heteroatoms. The highest BCUT2D eigenvalue weighted by molar-refractivity contribution is 4.89. The quantitative estimate of drug-likeness (QED) is 0.444. The van der Waals surface area contributed by atoms with Crippen molar-refractivity contribution in [1.29, 1.82) is 0 Å². The second-order valence-electron chi connectivity index (χ2n) is 1.77. The molecule has 0 aromatic heterocycles. The summed E-state index contributed by atoms with van der Waals surface area (Å²) in [5.41, 5.74) is 0. The number of hydrogen-bond donors (Lipinski definition) is 3. The summed E-state index contributed by atoms with van der Waals surface area (Å²) in [5, 5.41) is 25.8. The fraction of sp³-hybridized carbons (Fsp3) is 0.667. The van der Waals surface area contributed by atoms with Crippen LogP contribution in [0.4, 0.5) is 0 Å². The Kier molecular flexibility index (Phi) is 4.30. The Morgan fingerprint density at radius 3 is 2.33 bits per heavy atom. The van der Waals surface area contributed by atoms with Crippen molar-refractivity contribution in [3.63, 3.8) is 0 Å². The van der Waals surface area contributed by atoms with Crippen LogP contribution in [0.1, 0.15) is 6.92 Å². The third-order valence-corrected chi connectivity index (χ3v) is 0.971. The van der Waals surface area contributed by atoms with E-state index in [4.69, 9.17) is 15.3 Å². The summed E-state index contributed by atoms with van der Waals surface area (Å²) in [5.74, 6) is 0. The number of hydrogen-bond acceptors (Lipinski definition) is 3. The van der Waals surface area contributed by atoms with Crippen molar-refractivity contribution in [3.05, 3.63) is 12.2 Å². The topological polar surface area (TPSA) is 60.7 Å². The average molecular weight is 132 g/mol. The normalized spacial score (nSPS) is 18.2. The van der Waals surface area contributed by atoms with E-state index in [-0.39, 0.29) is 0 Å². The van der Waals surface area contributed by atoms with Crippen LogP contribution in [0.25, 0.3) is 0 Å². The highest BCUT2D eigenvalue weighted by atomic mass is 16.4. The molecule has 0 amide bonds. The van der Waals surface area contributed by atoms with E-state index < -0.39 is 18.8 Å². The van der Waals surface area contributed by atoms with Gasteiger partial charge in [-0.1, -0.05) is 12.2 Å².